The highest BCUT2D eigenvalue weighted by atomic mass is 19.1. The van der Waals surface area contributed by atoms with Crippen LogP contribution in [0.2, 0.25) is 0 Å². The van der Waals surface area contributed by atoms with E-state index in [1.54, 1.807) is 12.1 Å². The number of halogens is 1. The number of anilines is 2. The minimum Gasteiger partial charge on any atom is -0.311 e. The van der Waals surface area contributed by atoms with Gasteiger partial charge in [0.25, 0.3) is 0 Å². The molecule has 1 fully saturated rings. The summed E-state index contributed by atoms with van der Waals surface area (Å²) in [6, 6.07) is 15.1. The van der Waals surface area contributed by atoms with Crippen molar-refractivity contribution in [2.75, 3.05) is 30.0 Å². The van der Waals surface area contributed by atoms with Gasteiger partial charge in [-0.05, 0) is 61.2 Å². The minimum absolute atomic E-state index is 0.0756. The maximum Gasteiger partial charge on any atom is 0.241 e. The number of benzene rings is 2. The standard InChI is InChI=1S/C21H21FN4O/c22-18-5-3-16(4-6-18)14-25-11-1-2-12-26(21(27)15-25)19-7-8-20-17(13-19)9-10-23-24-20/h3-8,13,23-24H,1-2,11-12,14-15H2. The molecule has 0 spiro atoms. The van der Waals surface area contributed by atoms with Gasteiger partial charge >= 0.3 is 0 Å². The van der Waals surface area contributed by atoms with Gasteiger partial charge in [-0.25, -0.2) is 4.39 Å². The van der Waals surface area contributed by atoms with Gasteiger partial charge < -0.3 is 4.90 Å². The van der Waals surface area contributed by atoms with Crippen LogP contribution in [-0.2, 0) is 11.3 Å². The molecule has 0 radical (unpaired) electrons. The molecule has 0 unspecified atom stereocenters. The summed E-state index contributed by atoms with van der Waals surface area (Å²) in [5, 5.41) is 0. The van der Waals surface area contributed by atoms with Crippen molar-refractivity contribution in [3.05, 3.63) is 59.4 Å². The van der Waals surface area contributed by atoms with Crippen molar-refractivity contribution in [1.29, 1.82) is 0 Å². The molecular formula is C21H21FN4O. The first-order valence-corrected chi connectivity index (χ1v) is 9.12. The number of carbonyl (C=O) groups is 1. The molecule has 4 rings (SSSR count). The number of rotatable bonds is 3. The van der Waals surface area contributed by atoms with Crippen LogP contribution in [0.1, 0.15) is 24.0 Å². The molecule has 1 saturated heterocycles. The molecule has 0 atom stereocenters. The van der Waals surface area contributed by atoms with E-state index in [0.29, 0.717) is 19.6 Å². The van der Waals surface area contributed by atoms with Gasteiger partial charge in [0.2, 0.25) is 5.91 Å². The van der Waals surface area contributed by atoms with Crippen molar-refractivity contribution >= 4 is 17.3 Å². The van der Waals surface area contributed by atoms with E-state index in [4.69, 9.17) is 0 Å². The second-order valence-electron chi connectivity index (χ2n) is 6.82. The van der Waals surface area contributed by atoms with Crippen molar-refractivity contribution in [2.24, 2.45) is 0 Å². The average Bonchev–Trinajstić information content (AvgIpc) is 2.67. The lowest BCUT2D eigenvalue weighted by Crippen LogP contribution is -2.43. The zero-order valence-corrected chi connectivity index (χ0v) is 15.0. The van der Waals surface area contributed by atoms with Crippen LogP contribution < -0.4 is 15.8 Å². The average molecular weight is 364 g/mol. The molecule has 138 valence electrons. The molecule has 1 amide bonds. The highest BCUT2D eigenvalue weighted by Gasteiger charge is 2.22. The summed E-state index contributed by atoms with van der Waals surface area (Å²) in [6.07, 6.45) is 1.95. The second-order valence-corrected chi connectivity index (χ2v) is 6.82. The van der Waals surface area contributed by atoms with Gasteiger partial charge in [0.1, 0.15) is 5.82 Å². The second kappa shape index (κ2) is 7.68. The van der Waals surface area contributed by atoms with Gasteiger partial charge in [-0.1, -0.05) is 12.1 Å². The SMILES string of the molecule is O=C1CN(Cc2ccc(F)cc2)CCCCN1c1ccc2c(c1)C#CNN2. The van der Waals surface area contributed by atoms with Crippen LogP contribution in [0, 0.1) is 17.8 Å². The Balaban J connectivity index is 1.50. The van der Waals surface area contributed by atoms with Crippen molar-refractivity contribution < 1.29 is 9.18 Å². The first-order valence-electron chi connectivity index (χ1n) is 9.12. The van der Waals surface area contributed by atoms with E-state index in [1.807, 2.05) is 23.1 Å². The summed E-state index contributed by atoms with van der Waals surface area (Å²) in [4.78, 5) is 16.9. The van der Waals surface area contributed by atoms with E-state index in [9.17, 15) is 9.18 Å². The van der Waals surface area contributed by atoms with Crippen molar-refractivity contribution in [3.63, 3.8) is 0 Å². The van der Waals surface area contributed by atoms with E-state index in [2.05, 4.69) is 27.7 Å². The van der Waals surface area contributed by atoms with Gasteiger partial charge in [-0.3, -0.25) is 20.5 Å². The first-order chi connectivity index (χ1) is 13.2. The molecule has 0 saturated carbocycles. The molecule has 6 heteroatoms. The maximum absolute atomic E-state index is 13.1. The largest absolute Gasteiger partial charge is 0.311 e. The normalized spacial score (nSPS) is 16.9. The summed E-state index contributed by atoms with van der Waals surface area (Å²) in [7, 11) is 0. The molecule has 2 aromatic carbocycles. The number of nitrogens with zero attached hydrogens (tertiary/aromatic N) is 2. The molecule has 27 heavy (non-hydrogen) atoms. The van der Waals surface area contributed by atoms with Crippen LogP contribution in [0.15, 0.2) is 42.5 Å². The van der Waals surface area contributed by atoms with E-state index < -0.39 is 0 Å². The summed E-state index contributed by atoms with van der Waals surface area (Å²) >= 11 is 0. The first kappa shape index (κ1) is 17.4. The zero-order valence-electron chi connectivity index (χ0n) is 15.0. The van der Waals surface area contributed by atoms with Crippen LogP contribution in [0.5, 0.6) is 0 Å². The molecule has 0 aromatic heterocycles. The fraction of sp³-hybridized carbons (Fsp3) is 0.286. The fourth-order valence-electron chi connectivity index (χ4n) is 3.45. The molecule has 2 heterocycles. The maximum atomic E-state index is 13.1. The molecular weight excluding hydrogens is 343 g/mol. The Bertz CT molecular complexity index is 901. The molecule has 5 nitrogen and oxygen atoms in total. The molecule has 0 bridgehead atoms. The summed E-state index contributed by atoms with van der Waals surface area (Å²) in [6.45, 7) is 2.56. The van der Waals surface area contributed by atoms with E-state index in [1.165, 1.54) is 12.1 Å². The van der Waals surface area contributed by atoms with Crippen molar-refractivity contribution in [2.45, 2.75) is 19.4 Å². The predicted octanol–water partition coefficient (Wildman–Crippen LogP) is 2.69. The van der Waals surface area contributed by atoms with E-state index in [0.717, 1.165) is 41.9 Å². The highest BCUT2D eigenvalue weighted by molar-refractivity contribution is 5.95. The topological polar surface area (TPSA) is 47.6 Å². The van der Waals surface area contributed by atoms with Crippen LogP contribution in [-0.4, -0.2) is 30.4 Å². The Labute approximate surface area is 158 Å². The third kappa shape index (κ3) is 4.04. The molecule has 2 aliphatic rings. The van der Waals surface area contributed by atoms with Crippen molar-refractivity contribution in [3.8, 4) is 12.0 Å². The lowest BCUT2D eigenvalue weighted by molar-refractivity contribution is -0.120. The molecule has 2 N–H and O–H groups in total. The lowest BCUT2D eigenvalue weighted by atomic mass is 10.1. The quantitative estimate of drug-likeness (QED) is 0.823. The fourth-order valence-corrected chi connectivity index (χ4v) is 3.45. The number of hydrogen-bond donors (Lipinski definition) is 2. The predicted molar refractivity (Wildman–Crippen MR) is 103 cm³/mol. The van der Waals surface area contributed by atoms with E-state index >= 15 is 0 Å². The summed E-state index contributed by atoms with van der Waals surface area (Å²) in [5.41, 5.74) is 9.46. The number of hydrazine groups is 1. The highest BCUT2D eigenvalue weighted by Crippen LogP contribution is 2.25. The molecule has 0 aliphatic carbocycles. The Morgan fingerprint density at radius 3 is 2.74 bits per heavy atom. The number of carbonyl (C=O) groups excluding carboxylic acids is 1. The molecule has 2 aromatic rings. The number of nitrogens with one attached hydrogen (secondary N) is 2. The lowest BCUT2D eigenvalue weighted by Gasteiger charge is -2.31. The van der Waals surface area contributed by atoms with Crippen LogP contribution in [0.3, 0.4) is 0 Å². The van der Waals surface area contributed by atoms with Gasteiger partial charge in [0.15, 0.2) is 0 Å². The monoisotopic (exact) mass is 364 g/mol. The van der Waals surface area contributed by atoms with Crippen LogP contribution in [0.25, 0.3) is 0 Å². The Hall–Kier alpha value is -3.04. The van der Waals surface area contributed by atoms with Gasteiger partial charge in [-0.15, -0.1) is 0 Å². The summed E-state index contributed by atoms with van der Waals surface area (Å²) < 4.78 is 13.1. The van der Waals surface area contributed by atoms with Gasteiger partial charge in [0, 0.05) is 24.8 Å². The van der Waals surface area contributed by atoms with Crippen LogP contribution >= 0.6 is 0 Å². The Morgan fingerprint density at radius 1 is 1.07 bits per heavy atom. The molecule has 2 aliphatic heterocycles. The third-order valence-electron chi connectivity index (χ3n) is 4.86. The Kier molecular flexibility index (Phi) is 4.95. The number of fused-ring (bicyclic) bond motifs is 1. The number of hydrogen-bond acceptors (Lipinski definition) is 4. The summed E-state index contributed by atoms with van der Waals surface area (Å²) in [5.74, 6) is 2.86. The minimum atomic E-state index is -0.242. The van der Waals surface area contributed by atoms with Gasteiger partial charge in [-0.2, -0.15) is 0 Å². The van der Waals surface area contributed by atoms with E-state index in [-0.39, 0.29) is 11.7 Å². The van der Waals surface area contributed by atoms with Crippen molar-refractivity contribution in [1.82, 2.24) is 10.3 Å². The Morgan fingerprint density at radius 2 is 1.89 bits per heavy atom. The smallest absolute Gasteiger partial charge is 0.241 e. The van der Waals surface area contributed by atoms with Crippen LogP contribution in [0.4, 0.5) is 15.8 Å². The third-order valence-corrected chi connectivity index (χ3v) is 4.86. The number of amides is 1. The zero-order chi connectivity index (χ0) is 18.6. The van der Waals surface area contributed by atoms with Gasteiger partial charge in [0.05, 0.1) is 17.8 Å².